The summed E-state index contributed by atoms with van der Waals surface area (Å²) in [5, 5.41) is 9.86. The second kappa shape index (κ2) is 7.71. The van der Waals surface area contributed by atoms with Crippen LogP contribution in [-0.4, -0.2) is 34.2 Å². The quantitative estimate of drug-likeness (QED) is 0.786. The first-order valence-electron chi connectivity index (χ1n) is 9.47. The average Bonchev–Trinajstić information content (AvgIpc) is 2.75. The van der Waals surface area contributed by atoms with Crippen molar-refractivity contribution in [3.05, 3.63) is 24.0 Å². The van der Waals surface area contributed by atoms with E-state index in [1.807, 2.05) is 13.8 Å². The molecule has 3 rings (SSSR count). The van der Waals surface area contributed by atoms with Crippen LogP contribution in [0.1, 0.15) is 59.8 Å². The number of nitrogens with zero attached hydrogens (tertiary/aromatic N) is 1. The number of carbonyl (C=O) groups excluding carboxylic acids is 1. The van der Waals surface area contributed by atoms with Gasteiger partial charge in [-0.2, -0.15) is 0 Å². The molecule has 2 aliphatic carbocycles. The van der Waals surface area contributed by atoms with Crippen LogP contribution >= 0.6 is 0 Å². The lowest BCUT2D eigenvalue weighted by Gasteiger charge is -2.45. The SMILES string of the molecule is CC.CC1CCC(CN2C(=O)C(C)(F)C3C=CC(O)=CC2C3)CC1. The van der Waals surface area contributed by atoms with E-state index in [1.165, 1.54) is 25.8 Å². The Balaban J connectivity index is 0.00000100. The molecule has 1 N–H and O–H groups in total. The molecule has 0 spiro atoms. The summed E-state index contributed by atoms with van der Waals surface area (Å²) in [5.41, 5.74) is -1.87. The third kappa shape index (κ3) is 3.84. The van der Waals surface area contributed by atoms with Gasteiger partial charge in [-0.05, 0) is 50.2 Å². The Kier molecular flexibility index (Phi) is 6.11. The van der Waals surface area contributed by atoms with Crippen molar-refractivity contribution in [3.63, 3.8) is 0 Å². The highest BCUT2D eigenvalue weighted by Crippen LogP contribution is 2.40. The minimum absolute atomic E-state index is 0.139. The van der Waals surface area contributed by atoms with Crippen LogP contribution < -0.4 is 0 Å². The molecule has 4 heteroatoms. The number of hydrogen-bond acceptors (Lipinski definition) is 2. The molecule has 2 bridgehead atoms. The van der Waals surface area contributed by atoms with E-state index >= 15 is 0 Å². The fraction of sp³-hybridized carbons (Fsp3) is 0.750. The average molecular weight is 337 g/mol. The van der Waals surface area contributed by atoms with Crippen molar-refractivity contribution in [2.75, 3.05) is 6.54 Å². The number of piperidine rings is 1. The van der Waals surface area contributed by atoms with E-state index in [0.717, 1.165) is 18.8 Å². The van der Waals surface area contributed by atoms with E-state index in [4.69, 9.17) is 0 Å². The Morgan fingerprint density at radius 1 is 1.29 bits per heavy atom. The van der Waals surface area contributed by atoms with Gasteiger partial charge in [-0.25, -0.2) is 4.39 Å². The van der Waals surface area contributed by atoms with Crippen molar-refractivity contribution >= 4 is 5.91 Å². The second-order valence-electron chi connectivity index (χ2n) is 7.52. The maximum absolute atomic E-state index is 15.0. The van der Waals surface area contributed by atoms with Gasteiger partial charge in [0.15, 0.2) is 5.67 Å². The zero-order chi connectivity index (χ0) is 17.9. The van der Waals surface area contributed by atoms with Gasteiger partial charge in [-0.3, -0.25) is 4.79 Å². The minimum Gasteiger partial charge on any atom is -0.508 e. The van der Waals surface area contributed by atoms with Gasteiger partial charge in [-0.15, -0.1) is 0 Å². The first kappa shape index (κ1) is 19.0. The Labute approximate surface area is 145 Å². The summed E-state index contributed by atoms with van der Waals surface area (Å²) in [7, 11) is 0. The summed E-state index contributed by atoms with van der Waals surface area (Å²) in [4.78, 5) is 14.3. The predicted octanol–water partition coefficient (Wildman–Crippen LogP) is 4.80. The number of hydrogen-bond donors (Lipinski definition) is 1. The lowest BCUT2D eigenvalue weighted by Crippen LogP contribution is -2.58. The number of carbonyl (C=O) groups is 1. The van der Waals surface area contributed by atoms with E-state index in [9.17, 15) is 14.3 Å². The summed E-state index contributed by atoms with van der Waals surface area (Å²) in [6.07, 6.45) is 10.0. The minimum atomic E-state index is -1.87. The molecule has 0 aromatic rings. The lowest BCUT2D eigenvalue weighted by atomic mass is 9.78. The number of allylic oxidation sites excluding steroid dienone is 2. The topological polar surface area (TPSA) is 40.5 Å². The first-order chi connectivity index (χ1) is 11.4. The number of rotatable bonds is 2. The number of alkyl halides is 1. The Morgan fingerprint density at radius 2 is 1.92 bits per heavy atom. The van der Waals surface area contributed by atoms with Crippen LogP contribution in [-0.2, 0) is 4.79 Å². The zero-order valence-corrected chi connectivity index (χ0v) is 15.5. The van der Waals surface area contributed by atoms with E-state index in [2.05, 4.69) is 6.92 Å². The highest BCUT2D eigenvalue weighted by molar-refractivity contribution is 5.87. The Hall–Kier alpha value is -1.32. The van der Waals surface area contributed by atoms with Crippen LogP contribution in [0.2, 0.25) is 0 Å². The monoisotopic (exact) mass is 337 g/mol. The molecule has 0 aromatic heterocycles. The third-order valence-electron chi connectivity index (χ3n) is 5.72. The highest BCUT2D eigenvalue weighted by atomic mass is 19.1. The van der Waals surface area contributed by atoms with Crippen molar-refractivity contribution in [1.82, 2.24) is 4.90 Å². The van der Waals surface area contributed by atoms with Gasteiger partial charge in [-0.1, -0.05) is 39.7 Å². The van der Waals surface area contributed by atoms with Crippen LogP contribution in [0.25, 0.3) is 0 Å². The summed E-state index contributed by atoms with van der Waals surface area (Å²) in [6, 6.07) is -0.185. The van der Waals surface area contributed by atoms with Gasteiger partial charge in [0.25, 0.3) is 5.91 Å². The molecule has 1 saturated heterocycles. The molecule has 0 radical (unpaired) electrons. The van der Waals surface area contributed by atoms with Crippen LogP contribution in [0.3, 0.4) is 0 Å². The van der Waals surface area contributed by atoms with Gasteiger partial charge in [0, 0.05) is 12.5 Å². The van der Waals surface area contributed by atoms with Gasteiger partial charge in [0.2, 0.25) is 0 Å². The number of likely N-dealkylation sites (tertiary alicyclic amines) is 1. The first-order valence-corrected chi connectivity index (χ1v) is 9.47. The predicted molar refractivity (Wildman–Crippen MR) is 95.4 cm³/mol. The molecule has 1 aliphatic heterocycles. The Bertz CT molecular complexity index is 504. The molecule has 1 amide bonds. The molecule has 0 aromatic carbocycles. The second-order valence-corrected chi connectivity index (χ2v) is 7.52. The summed E-state index contributed by atoms with van der Waals surface area (Å²) < 4.78 is 15.0. The zero-order valence-electron chi connectivity index (χ0n) is 15.5. The van der Waals surface area contributed by atoms with Crippen molar-refractivity contribution < 1.29 is 14.3 Å². The smallest absolute Gasteiger partial charge is 0.261 e. The van der Waals surface area contributed by atoms with Crippen LogP contribution in [0.4, 0.5) is 4.39 Å². The van der Waals surface area contributed by atoms with E-state index < -0.39 is 17.5 Å². The lowest BCUT2D eigenvalue weighted by molar-refractivity contribution is -0.154. The fourth-order valence-corrected chi connectivity index (χ4v) is 4.09. The van der Waals surface area contributed by atoms with Crippen molar-refractivity contribution in [2.45, 2.75) is 71.5 Å². The number of aliphatic hydroxyl groups excluding tert-OH is 1. The van der Waals surface area contributed by atoms with Crippen molar-refractivity contribution in [3.8, 4) is 0 Å². The van der Waals surface area contributed by atoms with Gasteiger partial charge in [0.05, 0.1) is 6.04 Å². The maximum Gasteiger partial charge on any atom is 0.261 e. The standard InChI is InChI=1S/C18H26FNO2.C2H6/c1-12-3-5-13(6-4-12)11-20-15-9-14(7-8-16(21)10-15)18(2,19)17(20)22;1-2/h7-8,10,12-15,21H,3-6,9,11H2,1-2H3;1-2H3. The molecule has 136 valence electrons. The van der Waals surface area contributed by atoms with Gasteiger partial charge in [0.1, 0.15) is 5.76 Å². The summed E-state index contributed by atoms with van der Waals surface area (Å²) in [6.45, 7) is 8.27. The summed E-state index contributed by atoms with van der Waals surface area (Å²) in [5.74, 6) is 0.492. The molecule has 3 atom stereocenters. The largest absolute Gasteiger partial charge is 0.508 e. The van der Waals surface area contributed by atoms with E-state index in [0.29, 0.717) is 18.9 Å². The summed E-state index contributed by atoms with van der Waals surface area (Å²) >= 11 is 0. The van der Waals surface area contributed by atoms with Gasteiger partial charge >= 0.3 is 0 Å². The third-order valence-corrected chi connectivity index (χ3v) is 5.72. The Morgan fingerprint density at radius 3 is 2.54 bits per heavy atom. The van der Waals surface area contributed by atoms with Crippen LogP contribution in [0, 0.1) is 17.8 Å². The number of aliphatic hydroxyl groups is 1. The molecule has 1 saturated carbocycles. The number of fused-ring (bicyclic) bond motifs is 2. The molecule has 24 heavy (non-hydrogen) atoms. The molecule has 3 unspecified atom stereocenters. The fourth-order valence-electron chi connectivity index (χ4n) is 4.09. The van der Waals surface area contributed by atoms with Crippen molar-refractivity contribution in [1.29, 1.82) is 0 Å². The van der Waals surface area contributed by atoms with Crippen LogP contribution in [0.15, 0.2) is 24.0 Å². The van der Waals surface area contributed by atoms with Crippen molar-refractivity contribution in [2.24, 2.45) is 17.8 Å². The molecule has 3 aliphatic rings. The van der Waals surface area contributed by atoms with E-state index in [-0.39, 0.29) is 11.8 Å². The highest BCUT2D eigenvalue weighted by Gasteiger charge is 2.50. The number of halogens is 1. The normalized spacial score (nSPS) is 38.8. The van der Waals surface area contributed by atoms with E-state index in [1.54, 1.807) is 17.1 Å². The number of amides is 1. The molecular weight excluding hydrogens is 305 g/mol. The van der Waals surface area contributed by atoms with Gasteiger partial charge < -0.3 is 10.0 Å². The molecule has 1 heterocycles. The van der Waals surface area contributed by atoms with Crippen LogP contribution in [0.5, 0.6) is 0 Å². The molecular formula is C20H32FNO2. The molecule has 2 fully saturated rings. The molecule has 3 nitrogen and oxygen atoms in total. The maximum atomic E-state index is 15.0.